The van der Waals surface area contributed by atoms with Gasteiger partial charge in [0.05, 0.1) is 6.61 Å². The Balaban J connectivity index is 2.11. The number of hydrogen-bond donors (Lipinski definition) is 1. The Morgan fingerprint density at radius 2 is 2.00 bits per heavy atom. The molecule has 0 saturated carbocycles. The van der Waals surface area contributed by atoms with E-state index in [4.69, 9.17) is 9.84 Å². The number of ether oxygens (including phenoxy) is 1. The Labute approximate surface area is 124 Å². The molecule has 108 valence electrons. The van der Waals surface area contributed by atoms with Gasteiger partial charge in [-0.1, -0.05) is 36.1 Å². The SMILES string of the molecule is Cc1ccccc1COc1cc(C#CCCO)ccc1F. The van der Waals surface area contributed by atoms with E-state index < -0.39 is 5.82 Å². The number of halogens is 1. The highest BCUT2D eigenvalue weighted by molar-refractivity contribution is 5.41. The second-order valence-electron chi connectivity index (χ2n) is 4.64. The summed E-state index contributed by atoms with van der Waals surface area (Å²) in [4.78, 5) is 0. The van der Waals surface area contributed by atoms with E-state index >= 15 is 0 Å². The number of aliphatic hydroxyl groups excluding tert-OH is 1. The Morgan fingerprint density at radius 1 is 1.19 bits per heavy atom. The normalized spacial score (nSPS) is 9.86. The topological polar surface area (TPSA) is 29.5 Å². The van der Waals surface area contributed by atoms with E-state index in [1.165, 1.54) is 6.07 Å². The largest absolute Gasteiger partial charge is 0.486 e. The maximum Gasteiger partial charge on any atom is 0.165 e. The quantitative estimate of drug-likeness (QED) is 0.871. The zero-order valence-corrected chi connectivity index (χ0v) is 11.9. The molecular weight excluding hydrogens is 267 g/mol. The first-order valence-corrected chi connectivity index (χ1v) is 6.77. The van der Waals surface area contributed by atoms with Gasteiger partial charge < -0.3 is 9.84 Å². The van der Waals surface area contributed by atoms with Crippen molar-refractivity contribution in [2.45, 2.75) is 20.0 Å². The summed E-state index contributed by atoms with van der Waals surface area (Å²) in [5.74, 6) is 5.45. The summed E-state index contributed by atoms with van der Waals surface area (Å²) in [6.07, 6.45) is 0.400. The highest BCUT2D eigenvalue weighted by Gasteiger charge is 2.05. The standard InChI is InChI=1S/C18H17FO2/c1-14-6-2-3-8-16(14)13-21-18-12-15(7-4-5-11-20)9-10-17(18)19/h2-3,6,8-10,12,20H,5,11,13H2,1H3. The summed E-state index contributed by atoms with van der Waals surface area (Å²) in [6, 6.07) is 12.4. The molecule has 0 radical (unpaired) electrons. The third-order valence-corrected chi connectivity index (χ3v) is 3.05. The molecule has 21 heavy (non-hydrogen) atoms. The number of benzene rings is 2. The van der Waals surface area contributed by atoms with Crippen molar-refractivity contribution in [3.8, 4) is 17.6 Å². The van der Waals surface area contributed by atoms with Gasteiger partial charge in [0.2, 0.25) is 0 Å². The fraction of sp³-hybridized carbons (Fsp3) is 0.222. The third-order valence-electron chi connectivity index (χ3n) is 3.05. The van der Waals surface area contributed by atoms with Crippen molar-refractivity contribution in [3.05, 3.63) is 65.0 Å². The Hall–Kier alpha value is -2.31. The third kappa shape index (κ3) is 4.34. The molecule has 0 heterocycles. The second-order valence-corrected chi connectivity index (χ2v) is 4.64. The van der Waals surface area contributed by atoms with Crippen LogP contribution < -0.4 is 4.74 Å². The molecule has 2 rings (SSSR count). The van der Waals surface area contributed by atoms with Crippen LogP contribution in [0.3, 0.4) is 0 Å². The van der Waals surface area contributed by atoms with Crippen LogP contribution in [0.1, 0.15) is 23.1 Å². The van der Waals surface area contributed by atoms with Crippen LogP contribution in [-0.2, 0) is 6.61 Å². The number of aryl methyl sites for hydroxylation is 1. The number of hydrogen-bond acceptors (Lipinski definition) is 2. The van der Waals surface area contributed by atoms with Crippen LogP contribution in [0.2, 0.25) is 0 Å². The molecule has 1 N–H and O–H groups in total. The summed E-state index contributed by atoms with van der Waals surface area (Å²) < 4.78 is 19.3. The van der Waals surface area contributed by atoms with Crippen LogP contribution >= 0.6 is 0 Å². The first-order chi connectivity index (χ1) is 10.2. The van der Waals surface area contributed by atoms with Crippen molar-refractivity contribution < 1.29 is 14.2 Å². The van der Waals surface area contributed by atoms with Crippen LogP contribution in [-0.4, -0.2) is 11.7 Å². The van der Waals surface area contributed by atoms with Crippen molar-refractivity contribution in [1.82, 2.24) is 0 Å². The van der Waals surface area contributed by atoms with Crippen LogP contribution in [0.25, 0.3) is 0 Å². The van der Waals surface area contributed by atoms with E-state index in [0.717, 1.165) is 11.1 Å². The summed E-state index contributed by atoms with van der Waals surface area (Å²) >= 11 is 0. The van der Waals surface area contributed by atoms with Gasteiger partial charge in [0.1, 0.15) is 6.61 Å². The lowest BCUT2D eigenvalue weighted by Gasteiger charge is -2.09. The predicted octanol–water partition coefficient (Wildman–Crippen LogP) is 3.45. The van der Waals surface area contributed by atoms with Gasteiger partial charge in [-0.3, -0.25) is 0 Å². The van der Waals surface area contributed by atoms with Crippen LogP contribution in [0, 0.1) is 24.6 Å². The van der Waals surface area contributed by atoms with E-state index in [2.05, 4.69) is 11.8 Å². The lowest BCUT2D eigenvalue weighted by molar-refractivity contribution is 0.289. The van der Waals surface area contributed by atoms with E-state index in [0.29, 0.717) is 18.6 Å². The fourth-order valence-electron chi connectivity index (χ4n) is 1.84. The molecule has 2 aromatic rings. The second kappa shape index (κ2) is 7.47. The number of aliphatic hydroxyl groups is 1. The molecule has 0 atom stereocenters. The maximum absolute atomic E-state index is 13.7. The minimum absolute atomic E-state index is 0.0187. The minimum atomic E-state index is -0.406. The van der Waals surface area contributed by atoms with Crippen LogP contribution in [0.5, 0.6) is 5.75 Å². The smallest absolute Gasteiger partial charge is 0.165 e. The average molecular weight is 284 g/mol. The van der Waals surface area contributed by atoms with Crippen LogP contribution in [0.4, 0.5) is 4.39 Å². The molecule has 0 saturated heterocycles. The highest BCUT2D eigenvalue weighted by atomic mass is 19.1. The monoisotopic (exact) mass is 284 g/mol. The van der Waals surface area contributed by atoms with Crippen molar-refractivity contribution in [1.29, 1.82) is 0 Å². The Kier molecular flexibility index (Phi) is 5.36. The van der Waals surface area contributed by atoms with Gasteiger partial charge in [-0.25, -0.2) is 4.39 Å². The molecule has 0 fully saturated rings. The molecule has 0 amide bonds. The molecule has 0 spiro atoms. The molecule has 0 unspecified atom stereocenters. The van der Waals surface area contributed by atoms with Gasteiger partial charge in [-0.05, 0) is 36.2 Å². The van der Waals surface area contributed by atoms with Crippen molar-refractivity contribution >= 4 is 0 Å². The van der Waals surface area contributed by atoms with Crippen molar-refractivity contribution in [2.75, 3.05) is 6.61 Å². The molecular formula is C18H17FO2. The van der Waals surface area contributed by atoms with Gasteiger partial charge in [0.25, 0.3) is 0 Å². The predicted molar refractivity (Wildman–Crippen MR) is 80.5 cm³/mol. The summed E-state index contributed by atoms with van der Waals surface area (Å²) in [5, 5.41) is 8.69. The first kappa shape index (κ1) is 15.1. The summed E-state index contributed by atoms with van der Waals surface area (Å²) in [6.45, 7) is 2.33. The van der Waals surface area contributed by atoms with Crippen molar-refractivity contribution in [3.63, 3.8) is 0 Å². The molecule has 0 aliphatic heterocycles. The van der Waals surface area contributed by atoms with E-state index in [1.54, 1.807) is 12.1 Å². The molecule has 2 aromatic carbocycles. The van der Waals surface area contributed by atoms with E-state index in [-0.39, 0.29) is 12.4 Å². The zero-order chi connectivity index (χ0) is 15.1. The van der Waals surface area contributed by atoms with Gasteiger partial charge >= 0.3 is 0 Å². The molecule has 0 aliphatic rings. The summed E-state index contributed by atoms with van der Waals surface area (Å²) in [7, 11) is 0. The fourth-order valence-corrected chi connectivity index (χ4v) is 1.84. The van der Waals surface area contributed by atoms with Gasteiger partial charge in [-0.2, -0.15) is 0 Å². The Morgan fingerprint density at radius 3 is 2.76 bits per heavy atom. The minimum Gasteiger partial charge on any atom is -0.486 e. The highest BCUT2D eigenvalue weighted by Crippen LogP contribution is 2.20. The molecule has 0 bridgehead atoms. The molecule has 3 heteroatoms. The maximum atomic E-state index is 13.7. The number of rotatable bonds is 4. The van der Waals surface area contributed by atoms with E-state index in [1.807, 2.05) is 31.2 Å². The van der Waals surface area contributed by atoms with Gasteiger partial charge in [0, 0.05) is 12.0 Å². The lowest BCUT2D eigenvalue weighted by Crippen LogP contribution is -1.99. The molecule has 0 aromatic heterocycles. The molecule has 0 aliphatic carbocycles. The first-order valence-electron chi connectivity index (χ1n) is 6.77. The van der Waals surface area contributed by atoms with Crippen LogP contribution in [0.15, 0.2) is 42.5 Å². The molecule has 2 nitrogen and oxygen atoms in total. The van der Waals surface area contributed by atoms with Gasteiger partial charge in [0.15, 0.2) is 11.6 Å². The van der Waals surface area contributed by atoms with E-state index in [9.17, 15) is 4.39 Å². The van der Waals surface area contributed by atoms with Crippen molar-refractivity contribution in [2.24, 2.45) is 0 Å². The average Bonchev–Trinajstić information content (AvgIpc) is 2.49. The Bertz CT molecular complexity index is 668. The summed E-state index contributed by atoms with van der Waals surface area (Å²) in [5.41, 5.74) is 2.80. The zero-order valence-electron chi connectivity index (χ0n) is 11.9. The van der Waals surface area contributed by atoms with Gasteiger partial charge in [-0.15, -0.1) is 0 Å². The lowest BCUT2D eigenvalue weighted by atomic mass is 10.1.